The summed E-state index contributed by atoms with van der Waals surface area (Å²) in [7, 11) is 2.09. The zero-order chi connectivity index (χ0) is 22.8. The molecule has 1 heterocycles. The van der Waals surface area contributed by atoms with Crippen LogP contribution in [0.1, 0.15) is 5.56 Å². The van der Waals surface area contributed by atoms with Crippen LogP contribution in [0.2, 0.25) is 0 Å². The maximum Gasteiger partial charge on any atom is 0.0991 e. The molecule has 0 radical (unpaired) electrons. The van der Waals surface area contributed by atoms with E-state index in [4.69, 9.17) is 0 Å². The number of hydrogen-bond donors (Lipinski definition) is 0. The molecule has 1 aromatic heterocycles. The minimum Gasteiger partial charge on any atom is -0.344 e. The van der Waals surface area contributed by atoms with E-state index >= 15 is 0 Å². The summed E-state index contributed by atoms with van der Waals surface area (Å²) in [4.78, 5) is 0. The standard InChI is InChI=1S/C32H20N2/c1-34-31-14-10-20(19-33)16-29(31)30-18-22(12-15-32(30)34)21-11-13-27-25-8-3-2-6-23(25)24-7-4-5-9-26(24)28(27)17-21/h2-18H,1H3. The van der Waals surface area contributed by atoms with E-state index in [1.165, 1.54) is 54.3 Å². The molecule has 0 bridgehead atoms. The lowest BCUT2D eigenvalue weighted by molar-refractivity contribution is 1.01. The fourth-order valence-electron chi connectivity index (χ4n) is 5.55. The summed E-state index contributed by atoms with van der Waals surface area (Å²) in [5, 5.41) is 19.4. The van der Waals surface area contributed by atoms with Gasteiger partial charge in [0.2, 0.25) is 0 Å². The summed E-state index contributed by atoms with van der Waals surface area (Å²) in [6.45, 7) is 0. The summed E-state index contributed by atoms with van der Waals surface area (Å²) in [6.07, 6.45) is 0. The highest BCUT2D eigenvalue weighted by Crippen LogP contribution is 2.38. The molecule has 0 unspecified atom stereocenters. The molecule has 7 aromatic rings. The molecule has 0 spiro atoms. The van der Waals surface area contributed by atoms with Crippen molar-refractivity contribution in [2.45, 2.75) is 0 Å². The molecule has 158 valence electrons. The summed E-state index contributed by atoms with van der Waals surface area (Å²) in [5.74, 6) is 0. The Morgan fingerprint density at radius 3 is 1.59 bits per heavy atom. The smallest absolute Gasteiger partial charge is 0.0991 e. The fourth-order valence-corrected chi connectivity index (χ4v) is 5.55. The van der Waals surface area contributed by atoms with E-state index in [1.54, 1.807) is 0 Å². The molecular formula is C32H20N2. The Labute approximate surface area is 196 Å². The average molecular weight is 433 g/mol. The van der Waals surface area contributed by atoms with Gasteiger partial charge in [0.05, 0.1) is 11.6 Å². The highest BCUT2D eigenvalue weighted by atomic mass is 14.9. The van der Waals surface area contributed by atoms with E-state index in [2.05, 4.69) is 103 Å². The van der Waals surface area contributed by atoms with Crippen LogP contribution >= 0.6 is 0 Å². The minimum atomic E-state index is 0.689. The molecule has 0 atom stereocenters. The maximum absolute atomic E-state index is 9.41. The first-order chi connectivity index (χ1) is 16.7. The van der Waals surface area contributed by atoms with Gasteiger partial charge in [-0.25, -0.2) is 0 Å². The van der Waals surface area contributed by atoms with Gasteiger partial charge in [0, 0.05) is 28.9 Å². The highest BCUT2D eigenvalue weighted by molar-refractivity contribution is 6.25. The van der Waals surface area contributed by atoms with E-state index < -0.39 is 0 Å². The first-order valence-corrected chi connectivity index (χ1v) is 11.5. The molecule has 2 nitrogen and oxygen atoms in total. The van der Waals surface area contributed by atoms with Gasteiger partial charge in [-0.05, 0) is 79.8 Å². The molecule has 0 aliphatic heterocycles. The summed E-state index contributed by atoms with van der Waals surface area (Å²) in [6, 6.07) is 39.1. The predicted molar refractivity (Wildman–Crippen MR) is 143 cm³/mol. The second-order valence-electron chi connectivity index (χ2n) is 8.99. The van der Waals surface area contributed by atoms with Crippen LogP contribution in [0.3, 0.4) is 0 Å². The van der Waals surface area contributed by atoms with Crippen molar-refractivity contribution in [1.82, 2.24) is 4.57 Å². The Balaban J connectivity index is 1.53. The van der Waals surface area contributed by atoms with Gasteiger partial charge >= 0.3 is 0 Å². The second kappa shape index (κ2) is 6.94. The maximum atomic E-state index is 9.41. The van der Waals surface area contributed by atoms with Gasteiger partial charge in [-0.2, -0.15) is 5.26 Å². The molecule has 0 aliphatic rings. The van der Waals surface area contributed by atoms with Crippen molar-refractivity contribution in [1.29, 1.82) is 5.26 Å². The van der Waals surface area contributed by atoms with E-state index in [1.807, 2.05) is 18.2 Å². The van der Waals surface area contributed by atoms with Gasteiger partial charge in [-0.15, -0.1) is 0 Å². The van der Waals surface area contributed by atoms with Crippen LogP contribution in [-0.2, 0) is 7.05 Å². The predicted octanol–water partition coefficient (Wildman–Crippen LogP) is 8.33. The summed E-state index contributed by atoms with van der Waals surface area (Å²) < 4.78 is 2.20. The molecule has 6 aromatic carbocycles. The van der Waals surface area contributed by atoms with Crippen molar-refractivity contribution < 1.29 is 0 Å². The molecule has 7 rings (SSSR count). The first kappa shape index (κ1) is 18.9. The highest BCUT2D eigenvalue weighted by Gasteiger charge is 2.12. The van der Waals surface area contributed by atoms with Gasteiger partial charge < -0.3 is 4.57 Å². The number of fused-ring (bicyclic) bond motifs is 9. The van der Waals surface area contributed by atoms with Crippen LogP contribution in [0.25, 0.3) is 65.3 Å². The molecule has 34 heavy (non-hydrogen) atoms. The number of nitriles is 1. The number of nitrogens with zero attached hydrogens (tertiary/aromatic N) is 2. The van der Waals surface area contributed by atoms with Crippen LogP contribution in [0, 0.1) is 11.3 Å². The van der Waals surface area contributed by atoms with Gasteiger partial charge in [0.25, 0.3) is 0 Å². The Bertz CT molecular complexity index is 1950. The van der Waals surface area contributed by atoms with Crippen LogP contribution in [0.15, 0.2) is 103 Å². The van der Waals surface area contributed by atoms with E-state index in [-0.39, 0.29) is 0 Å². The molecule has 2 heteroatoms. The van der Waals surface area contributed by atoms with E-state index in [9.17, 15) is 5.26 Å². The van der Waals surface area contributed by atoms with Gasteiger partial charge in [-0.3, -0.25) is 0 Å². The number of hydrogen-bond acceptors (Lipinski definition) is 1. The summed E-state index contributed by atoms with van der Waals surface area (Å²) in [5.41, 5.74) is 5.38. The van der Waals surface area contributed by atoms with Crippen molar-refractivity contribution in [2.24, 2.45) is 7.05 Å². The molecule has 0 saturated carbocycles. The zero-order valence-electron chi connectivity index (χ0n) is 18.7. The van der Waals surface area contributed by atoms with E-state index in [0.29, 0.717) is 5.56 Å². The third-order valence-corrected chi connectivity index (χ3v) is 7.21. The number of rotatable bonds is 1. The quantitative estimate of drug-likeness (QED) is 0.240. The van der Waals surface area contributed by atoms with Crippen molar-refractivity contribution >= 4 is 54.1 Å². The van der Waals surface area contributed by atoms with E-state index in [0.717, 1.165) is 10.9 Å². The number of benzene rings is 6. The van der Waals surface area contributed by atoms with Gasteiger partial charge in [0.1, 0.15) is 0 Å². The molecule has 0 aliphatic carbocycles. The van der Waals surface area contributed by atoms with Crippen LogP contribution < -0.4 is 0 Å². The molecule has 0 amide bonds. The zero-order valence-corrected chi connectivity index (χ0v) is 18.7. The largest absolute Gasteiger partial charge is 0.344 e. The van der Waals surface area contributed by atoms with Crippen molar-refractivity contribution in [3.8, 4) is 17.2 Å². The third kappa shape index (κ3) is 2.56. The lowest BCUT2D eigenvalue weighted by atomic mass is 9.92. The summed E-state index contributed by atoms with van der Waals surface area (Å²) >= 11 is 0. The Kier molecular flexibility index (Phi) is 3.86. The number of aryl methyl sites for hydroxylation is 1. The van der Waals surface area contributed by atoms with Crippen molar-refractivity contribution in [3.05, 3.63) is 109 Å². The molecular weight excluding hydrogens is 412 g/mol. The van der Waals surface area contributed by atoms with Crippen molar-refractivity contribution in [2.75, 3.05) is 0 Å². The first-order valence-electron chi connectivity index (χ1n) is 11.5. The normalized spacial score (nSPS) is 11.6. The topological polar surface area (TPSA) is 28.7 Å². The minimum absolute atomic E-state index is 0.689. The molecule has 0 N–H and O–H groups in total. The monoisotopic (exact) mass is 432 g/mol. The Morgan fingerprint density at radius 2 is 0.971 bits per heavy atom. The lowest BCUT2D eigenvalue weighted by Crippen LogP contribution is -1.87. The van der Waals surface area contributed by atoms with Crippen LogP contribution in [-0.4, -0.2) is 4.57 Å². The average Bonchev–Trinajstić information content (AvgIpc) is 3.19. The van der Waals surface area contributed by atoms with Gasteiger partial charge in [0.15, 0.2) is 0 Å². The fraction of sp³-hybridized carbons (Fsp3) is 0.0312. The third-order valence-electron chi connectivity index (χ3n) is 7.21. The lowest BCUT2D eigenvalue weighted by Gasteiger charge is -2.12. The molecule has 0 fully saturated rings. The van der Waals surface area contributed by atoms with Crippen LogP contribution in [0.5, 0.6) is 0 Å². The van der Waals surface area contributed by atoms with Crippen LogP contribution in [0.4, 0.5) is 0 Å². The Hall–Kier alpha value is -4.61. The SMILES string of the molecule is Cn1c2ccc(C#N)cc2c2cc(-c3ccc4c5ccccc5c5ccccc5c4c3)ccc21. The van der Waals surface area contributed by atoms with Crippen molar-refractivity contribution in [3.63, 3.8) is 0 Å². The number of aromatic nitrogens is 1. The Morgan fingerprint density at radius 1 is 0.500 bits per heavy atom. The second-order valence-corrected chi connectivity index (χ2v) is 8.99. The molecule has 0 saturated heterocycles. The van der Waals surface area contributed by atoms with Gasteiger partial charge in [-0.1, -0.05) is 66.7 Å².